The maximum atomic E-state index is 5.69. The van der Waals surface area contributed by atoms with E-state index in [2.05, 4.69) is 137 Å². The maximum absolute atomic E-state index is 5.69. The van der Waals surface area contributed by atoms with Gasteiger partial charge in [0.1, 0.15) is 5.75 Å². The Hall–Kier alpha value is -2.12. The lowest BCUT2D eigenvalue weighted by molar-refractivity contribution is -0.0118. The molecule has 0 radical (unpaired) electrons. The van der Waals surface area contributed by atoms with Crippen molar-refractivity contribution in [1.29, 1.82) is 0 Å². The number of rotatable bonds is 26. The molecule has 2 saturated carbocycles. The van der Waals surface area contributed by atoms with Gasteiger partial charge < -0.3 is 47.4 Å². The molecule has 0 heterocycles. The molecule has 0 aliphatic heterocycles. The van der Waals surface area contributed by atoms with Crippen molar-refractivity contribution < 1.29 is 47.4 Å². The highest BCUT2D eigenvalue weighted by Gasteiger charge is 2.16. The molecule has 3 atom stereocenters. The van der Waals surface area contributed by atoms with Crippen molar-refractivity contribution in [1.82, 2.24) is 0 Å². The maximum Gasteiger partial charge on any atom is 0.119 e. The highest BCUT2D eigenvalue weighted by molar-refractivity contribution is 5.21. The molecule has 0 aromatic heterocycles. The fraction of sp³-hybridized carbons (Fsp3) is 0.840. The Morgan fingerprint density at radius 1 is 0.400 bits per heavy atom. The second-order valence-corrected chi connectivity index (χ2v) is 25.3. The summed E-state index contributed by atoms with van der Waals surface area (Å²) in [6.45, 7) is 61.3. The smallest absolute Gasteiger partial charge is 0.119 e. The minimum atomic E-state index is 0.0417. The first-order valence-corrected chi connectivity index (χ1v) is 34.3. The Balaban J connectivity index is -0.000000205. The van der Waals surface area contributed by atoms with Crippen LogP contribution in [0.15, 0.2) is 60.7 Å². The van der Waals surface area contributed by atoms with E-state index in [0.717, 1.165) is 71.1 Å². The Morgan fingerprint density at radius 2 is 0.776 bits per heavy atom. The van der Waals surface area contributed by atoms with E-state index in [1.54, 1.807) is 7.11 Å². The Labute approximate surface area is 532 Å². The van der Waals surface area contributed by atoms with Gasteiger partial charge in [0.2, 0.25) is 0 Å². The topological polar surface area (TPSA) is 92.3 Å². The average Bonchev–Trinajstić information content (AvgIpc) is 3.96. The third-order valence-electron chi connectivity index (χ3n) is 11.8. The number of hydrogen-bond donors (Lipinski definition) is 0. The largest absolute Gasteiger partial charge is 0.491 e. The molecule has 510 valence electrons. The van der Waals surface area contributed by atoms with E-state index in [4.69, 9.17) is 47.4 Å². The van der Waals surface area contributed by atoms with Gasteiger partial charge in [0.15, 0.2) is 0 Å². The Bertz CT molecular complexity index is 1470. The summed E-state index contributed by atoms with van der Waals surface area (Å²) in [5, 5.41) is 0. The molecule has 2 aliphatic rings. The first kappa shape index (κ1) is 94.0. The summed E-state index contributed by atoms with van der Waals surface area (Å²) < 4.78 is 53.6. The van der Waals surface area contributed by atoms with Crippen molar-refractivity contribution in [3.05, 3.63) is 66.2 Å². The Kier molecular flexibility index (Phi) is 75.0. The quantitative estimate of drug-likeness (QED) is 0.0907. The number of methoxy groups -OCH3 is 1. The fourth-order valence-electron chi connectivity index (χ4n) is 7.41. The van der Waals surface area contributed by atoms with Gasteiger partial charge >= 0.3 is 0 Å². The second-order valence-electron chi connectivity index (χ2n) is 25.3. The van der Waals surface area contributed by atoms with Gasteiger partial charge in [-0.25, -0.2) is 0 Å². The molecule has 0 spiro atoms. The van der Waals surface area contributed by atoms with Crippen LogP contribution in [0.1, 0.15) is 302 Å². The van der Waals surface area contributed by atoms with Gasteiger partial charge in [-0.3, -0.25) is 0 Å². The van der Waals surface area contributed by atoms with Crippen LogP contribution in [0.4, 0.5) is 0 Å². The van der Waals surface area contributed by atoms with Crippen LogP contribution < -0.4 is 4.74 Å². The van der Waals surface area contributed by atoms with Crippen molar-refractivity contribution in [2.75, 3.05) is 40.1 Å². The predicted molar refractivity (Wildman–Crippen MR) is 372 cm³/mol. The van der Waals surface area contributed by atoms with E-state index in [1.165, 1.54) is 89.0 Å². The lowest BCUT2D eigenvalue weighted by atomic mass is 9.98. The second kappa shape index (κ2) is 67.8. The number of benzene rings is 2. The molecule has 2 aromatic carbocycles. The molecule has 0 bridgehead atoms. The molecule has 0 amide bonds. The van der Waals surface area contributed by atoms with Crippen LogP contribution in [0.2, 0.25) is 0 Å². The minimum absolute atomic E-state index is 0.0417. The van der Waals surface area contributed by atoms with E-state index in [9.17, 15) is 0 Å². The first-order valence-electron chi connectivity index (χ1n) is 34.3. The first-order chi connectivity index (χ1) is 40.0. The highest BCUT2D eigenvalue weighted by Crippen LogP contribution is 2.22. The Morgan fingerprint density at radius 3 is 1.07 bits per heavy atom. The SMILES string of the molecule is CC(C)OC1CCCC1.CC(C)OC1CCCCC1.CC(C)OCc1ccccc1.CC(C)Oc1ccccc1.CCCC(C)OCC.CCCOC(C)C.CCCOC(C)CC.CCCOC(C)CCC.CCOC(C)(C)C.COC(C)(C)C. The molecule has 2 aromatic rings. The summed E-state index contributed by atoms with van der Waals surface area (Å²) in [5.41, 5.74) is 1.33. The molecule has 85 heavy (non-hydrogen) atoms. The number of ether oxygens (including phenoxy) is 10. The minimum Gasteiger partial charge on any atom is -0.491 e. The molecule has 3 unspecified atom stereocenters. The summed E-state index contributed by atoms with van der Waals surface area (Å²) in [6, 6.07) is 20.0. The van der Waals surface area contributed by atoms with Gasteiger partial charge in [0.05, 0.1) is 78.8 Å². The van der Waals surface area contributed by atoms with Crippen molar-refractivity contribution >= 4 is 0 Å². The fourth-order valence-corrected chi connectivity index (χ4v) is 7.41. The van der Waals surface area contributed by atoms with Gasteiger partial charge in [0.25, 0.3) is 0 Å². The normalized spacial score (nSPS) is 14.1. The zero-order chi connectivity index (χ0) is 66.3. The van der Waals surface area contributed by atoms with Gasteiger partial charge in [-0.15, -0.1) is 0 Å². The lowest BCUT2D eigenvalue weighted by Gasteiger charge is -2.23. The molecule has 4 rings (SSSR count). The van der Waals surface area contributed by atoms with Gasteiger partial charge in [0, 0.05) is 40.1 Å². The van der Waals surface area contributed by atoms with E-state index in [0.29, 0.717) is 54.9 Å². The molecule has 10 heteroatoms. The molecule has 2 aliphatic carbocycles. The van der Waals surface area contributed by atoms with Crippen molar-refractivity contribution in [2.45, 2.75) is 375 Å². The van der Waals surface area contributed by atoms with Gasteiger partial charge in [-0.2, -0.15) is 0 Å². The predicted octanol–water partition coefficient (Wildman–Crippen LogP) is 22.3. The van der Waals surface area contributed by atoms with Crippen LogP contribution >= 0.6 is 0 Å². The summed E-state index contributed by atoms with van der Waals surface area (Å²) in [5.74, 6) is 0.942. The third kappa shape index (κ3) is 90.7. The molecule has 2 fully saturated rings. The van der Waals surface area contributed by atoms with Crippen LogP contribution in [0.25, 0.3) is 0 Å². The molecular formula is C75H150O10. The molecule has 10 nitrogen and oxygen atoms in total. The average molecular weight is 1210 g/mol. The lowest BCUT2D eigenvalue weighted by Crippen LogP contribution is -2.20. The molecular weight excluding hydrogens is 1060 g/mol. The van der Waals surface area contributed by atoms with E-state index in [-0.39, 0.29) is 17.3 Å². The summed E-state index contributed by atoms with van der Waals surface area (Å²) in [4.78, 5) is 0. The number of para-hydroxylation sites is 1. The van der Waals surface area contributed by atoms with E-state index >= 15 is 0 Å². The van der Waals surface area contributed by atoms with Gasteiger partial charge in [-0.05, 0) is 227 Å². The molecule has 0 saturated heterocycles. The van der Waals surface area contributed by atoms with E-state index in [1.807, 2.05) is 111 Å². The van der Waals surface area contributed by atoms with E-state index < -0.39 is 0 Å². The monoisotopic (exact) mass is 1210 g/mol. The van der Waals surface area contributed by atoms with Crippen molar-refractivity contribution in [3.8, 4) is 5.75 Å². The standard InChI is InChI=1S/C10H14O.C9H18O.C9H12O.C8H16O.C8H18O.2C7H16O.2C6H14O.C5H12O/c1-9(2)11-8-10-6-4-3-5-7-10;2*1-8(2)10-9-6-4-3-5-7-9;1-7(2)9-8-5-3-4-6-8;1-4-6-8(3)9-7-5-2;1-4-6-7(3)8-5-2;1-4-6-8-7(3)5-2;1-5-7-6(2,3)4;1-4-5-7-6(2)3;1-5(2,3)6-4/h3-7,9H,8H2,1-2H3;8-9H,3-7H2,1-2H3;3-8H,1-2H3;7-8H,3-6H2,1-2H3;8H,4-7H2,1-3H3;2*7H,4-6H2,1-3H3;5H2,1-4H3;6H,4-5H2,1-3H3;1-4H3. The summed E-state index contributed by atoms with van der Waals surface area (Å²) in [7, 11) is 1.71. The third-order valence-corrected chi connectivity index (χ3v) is 11.8. The highest BCUT2D eigenvalue weighted by atomic mass is 16.5. The zero-order valence-corrected chi connectivity index (χ0v) is 61.9. The van der Waals surface area contributed by atoms with Crippen LogP contribution in [0.3, 0.4) is 0 Å². The molecule has 0 N–H and O–H groups in total. The summed E-state index contributed by atoms with van der Waals surface area (Å²) >= 11 is 0. The van der Waals surface area contributed by atoms with Crippen molar-refractivity contribution in [2.24, 2.45) is 0 Å². The zero-order valence-electron chi connectivity index (χ0n) is 61.9. The van der Waals surface area contributed by atoms with Crippen LogP contribution in [0.5, 0.6) is 5.75 Å². The van der Waals surface area contributed by atoms with Crippen LogP contribution in [0, 0.1) is 0 Å². The van der Waals surface area contributed by atoms with Gasteiger partial charge in [-0.1, -0.05) is 135 Å². The van der Waals surface area contributed by atoms with Crippen LogP contribution in [-0.4, -0.2) is 112 Å². The summed E-state index contributed by atoms with van der Waals surface area (Å²) in [6.07, 6.45) is 25.8. The van der Waals surface area contributed by atoms with Crippen molar-refractivity contribution in [3.63, 3.8) is 0 Å². The van der Waals surface area contributed by atoms with Crippen LogP contribution in [-0.2, 0) is 49.2 Å². The number of hydrogen-bond acceptors (Lipinski definition) is 10.